The van der Waals surface area contributed by atoms with Crippen molar-refractivity contribution in [3.8, 4) is 0 Å². The molecule has 4 aliphatic carbocycles. The van der Waals surface area contributed by atoms with Crippen LogP contribution in [0, 0.1) is 58.0 Å². The molecule has 0 N–H and O–H groups in total. The predicted molar refractivity (Wildman–Crippen MR) is 136 cm³/mol. The number of halogens is 2. The van der Waals surface area contributed by atoms with Crippen LogP contribution in [0.4, 0.5) is 8.78 Å². The van der Waals surface area contributed by atoms with Gasteiger partial charge in [-0.15, -0.1) is 0 Å². The standard InChI is InChI=1S/C32H36F2/c1-31(2,29-23-14-21(15-24(23)29)19-8-6-5-7-9-19)12-13-32(3,4)30-25-16-22(17-26(25)30)20-10-11-27(33)28(34)18-20/h5-11,14,16,18,23-26,29-30H,12-13,15,17H2,1-4H3/t23-,24?,25?,26?,29?,30?/m0/s1. The average Bonchev–Trinajstić information content (AvgIpc) is 3.57. The van der Waals surface area contributed by atoms with Gasteiger partial charge in [0.25, 0.3) is 0 Å². The normalized spacial score (nSPS) is 31.6. The number of benzene rings is 2. The van der Waals surface area contributed by atoms with Crippen LogP contribution in [0.1, 0.15) is 64.5 Å². The zero-order valence-electron chi connectivity index (χ0n) is 20.8. The molecule has 0 saturated heterocycles. The Morgan fingerprint density at radius 2 is 1.21 bits per heavy atom. The Morgan fingerprint density at radius 1 is 0.676 bits per heavy atom. The molecule has 4 aliphatic rings. The van der Waals surface area contributed by atoms with Gasteiger partial charge in [-0.2, -0.15) is 0 Å². The van der Waals surface area contributed by atoms with Crippen molar-refractivity contribution < 1.29 is 8.78 Å². The van der Waals surface area contributed by atoms with E-state index in [4.69, 9.17) is 0 Å². The second-order valence-corrected chi connectivity index (χ2v) is 12.8. The molecular formula is C32H36F2. The van der Waals surface area contributed by atoms with Crippen molar-refractivity contribution in [2.75, 3.05) is 0 Å². The summed E-state index contributed by atoms with van der Waals surface area (Å²) in [7, 11) is 0. The summed E-state index contributed by atoms with van der Waals surface area (Å²) >= 11 is 0. The molecule has 5 unspecified atom stereocenters. The molecule has 6 atom stereocenters. The van der Waals surface area contributed by atoms with Crippen LogP contribution in [0.5, 0.6) is 0 Å². The minimum Gasteiger partial charge on any atom is -0.204 e. The summed E-state index contributed by atoms with van der Waals surface area (Å²) in [5.41, 5.74) is 5.71. The van der Waals surface area contributed by atoms with Gasteiger partial charge in [-0.3, -0.25) is 0 Å². The van der Waals surface area contributed by atoms with E-state index in [-0.39, 0.29) is 0 Å². The van der Waals surface area contributed by atoms with Crippen molar-refractivity contribution >= 4 is 11.1 Å². The van der Waals surface area contributed by atoms with Gasteiger partial charge < -0.3 is 0 Å². The molecule has 2 heteroatoms. The Morgan fingerprint density at radius 3 is 1.68 bits per heavy atom. The largest absolute Gasteiger partial charge is 0.204 e. The lowest BCUT2D eigenvalue weighted by molar-refractivity contribution is 0.176. The molecule has 2 saturated carbocycles. The number of rotatable bonds is 7. The first-order chi connectivity index (χ1) is 16.2. The third-order valence-corrected chi connectivity index (χ3v) is 9.81. The number of allylic oxidation sites excluding steroid dienone is 4. The van der Waals surface area contributed by atoms with Gasteiger partial charge >= 0.3 is 0 Å². The van der Waals surface area contributed by atoms with E-state index >= 15 is 0 Å². The van der Waals surface area contributed by atoms with E-state index in [1.165, 1.54) is 42.5 Å². The lowest BCUT2D eigenvalue weighted by Crippen LogP contribution is -2.24. The van der Waals surface area contributed by atoms with Crippen LogP contribution in [0.15, 0.2) is 60.7 Å². The zero-order chi connectivity index (χ0) is 23.8. The third-order valence-electron chi connectivity index (χ3n) is 9.81. The van der Waals surface area contributed by atoms with E-state index in [1.54, 1.807) is 11.6 Å². The summed E-state index contributed by atoms with van der Waals surface area (Å²) in [5, 5.41) is 0. The van der Waals surface area contributed by atoms with Gasteiger partial charge in [0.2, 0.25) is 0 Å². The van der Waals surface area contributed by atoms with Crippen LogP contribution in [0.25, 0.3) is 11.1 Å². The SMILES string of the molecule is CC(C)(CCC(C)(C)C1C2CC(c3ccccc3)=C[C@@H]21)C1C2C=C(c3ccc(F)c(F)c3)CC21. The number of hydrogen-bond donors (Lipinski definition) is 0. The van der Waals surface area contributed by atoms with E-state index in [0.29, 0.717) is 22.7 Å². The molecule has 2 fully saturated rings. The van der Waals surface area contributed by atoms with Gasteiger partial charge in [-0.05, 0) is 106 Å². The second-order valence-electron chi connectivity index (χ2n) is 12.8. The number of fused-ring (bicyclic) bond motifs is 2. The quantitative estimate of drug-likeness (QED) is 0.389. The monoisotopic (exact) mass is 458 g/mol. The first kappa shape index (κ1) is 22.3. The van der Waals surface area contributed by atoms with Crippen LogP contribution >= 0.6 is 0 Å². The Kier molecular flexibility index (Phi) is 5.00. The Labute approximate surface area is 203 Å². The van der Waals surface area contributed by atoms with Crippen LogP contribution in [0.3, 0.4) is 0 Å². The summed E-state index contributed by atoms with van der Waals surface area (Å²) in [5.74, 6) is 2.95. The van der Waals surface area contributed by atoms with E-state index in [1.807, 2.05) is 0 Å². The minimum atomic E-state index is -0.763. The van der Waals surface area contributed by atoms with Crippen molar-refractivity contribution in [2.45, 2.75) is 53.4 Å². The maximum atomic E-state index is 13.7. The van der Waals surface area contributed by atoms with Crippen molar-refractivity contribution in [1.29, 1.82) is 0 Å². The molecular weight excluding hydrogens is 422 g/mol. The highest BCUT2D eigenvalue weighted by Crippen LogP contribution is 2.68. The van der Waals surface area contributed by atoms with Crippen molar-refractivity contribution in [3.63, 3.8) is 0 Å². The fraction of sp³-hybridized carbons (Fsp3) is 0.500. The molecule has 2 aromatic rings. The molecule has 0 amide bonds. The molecule has 6 rings (SSSR count). The maximum absolute atomic E-state index is 13.7. The van der Waals surface area contributed by atoms with Gasteiger partial charge in [-0.1, -0.05) is 76.2 Å². The molecule has 0 aliphatic heterocycles. The highest BCUT2D eigenvalue weighted by molar-refractivity contribution is 5.71. The molecule has 0 radical (unpaired) electrons. The van der Waals surface area contributed by atoms with Gasteiger partial charge in [0.15, 0.2) is 11.6 Å². The predicted octanol–water partition coefficient (Wildman–Crippen LogP) is 8.80. The first-order valence-electron chi connectivity index (χ1n) is 13.1. The van der Waals surface area contributed by atoms with Gasteiger partial charge in [-0.25, -0.2) is 8.78 Å². The van der Waals surface area contributed by atoms with Crippen LogP contribution in [0.2, 0.25) is 0 Å². The Hall–Kier alpha value is -2.22. The van der Waals surface area contributed by atoms with E-state index in [0.717, 1.165) is 35.7 Å². The lowest BCUT2D eigenvalue weighted by atomic mass is 9.71. The van der Waals surface area contributed by atoms with Crippen LogP contribution < -0.4 is 0 Å². The molecule has 0 nitrogen and oxygen atoms in total. The van der Waals surface area contributed by atoms with Crippen molar-refractivity contribution in [3.05, 3.63) is 83.4 Å². The Bertz CT molecular complexity index is 1170. The molecule has 0 aromatic heterocycles. The summed E-state index contributed by atoms with van der Waals surface area (Å²) < 4.78 is 27.0. The summed E-state index contributed by atoms with van der Waals surface area (Å²) in [6.45, 7) is 9.91. The molecule has 0 spiro atoms. The topological polar surface area (TPSA) is 0 Å². The molecule has 0 bridgehead atoms. The minimum absolute atomic E-state index is 0.317. The van der Waals surface area contributed by atoms with E-state index in [9.17, 15) is 8.78 Å². The average molecular weight is 459 g/mol. The lowest BCUT2D eigenvalue weighted by Gasteiger charge is -2.33. The number of hydrogen-bond acceptors (Lipinski definition) is 0. The highest BCUT2D eigenvalue weighted by Gasteiger charge is 2.61. The van der Waals surface area contributed by atoms with Gasteiger partial charge in [0.1, 0.15) is 0 Å². The van der Waals surface area contributed by atoms with Crippen LogP contribution in [-0.4, -0.2) is 0 Å². The van der Waals surface area contributed by atoms with E-state index < -0.39 is 11.6 Å². The fourth-order valence-electron chi connectivity index (χ4n) is 7.85. The Balaban J connectivity index is 1.06. The molecule has 2 aromatic carbocycles. The summed E-state index contributed by atoms with van der Waals surface area (Å²) in [6.07, 6.45) is 9.73. The second kappa shape index (κ2) is 7.64. The van der Waals surface area contributed by atoms with Crippen LogP contribution in [-0.2, 0) is 0 Å². The smallest absolute Gasteiger partial charge is 0.159 e. The zero-order valence-corrected chi connectivity index (χ0v) is 20.8. The van der Waals surface area contributed by atoms with Gasteiger partial charge in [0.05, 0.1) is 0 Å². The van der Waals surface area contributed by atoms with Gasteiger partial charge in [0, 0.05) is 0 Å². The first-order valence-corrected chi connectivity index (χ1v) is 13.1. The highest BCUT2D eigenvalue weighted by atomic mass is 19.2. The maximum Gasteiger partial charge on any atom is 0.159 e. The third kappa shape index (κ3) is 3.69. The fourth-order valence-corrected chi connectivity index (χ4v) is 7.85. The van der Waals surface area contributed by atoms with E-state index in [2.05, 4.69) is 70.2 Å². The molecule has 178 valence electrons. The summed E-state index contributed by atoms with van der Waals surface area (Å²) in [6, 6.07) is 15.2. The molecule has 0 heterocycles. The van der Waals surface area contributed by atoms with Crippen molar-refractivity contribution in [1.82, 2.24) is 0 Å². The molecule has 34 heavy (non-hydrogen) atoms. The van der Waals surface area contributed by atoms with Crippen molar-refractivity contribution in [2.24, 2.45) is 46.3 Å². The summed E-state index contributed by atoms with van der Waals surface area (Å²) in [4.78, 5) is 0.